The molecule has 78 valence electrons. The number of nitrogens with zero attached hydrogens (tertiary/aromatic N) is 2. The van der Waals surface area contributed by atoms with Gasteiger partial charge in [0.05, 0.1) is 6.04 Å². The second-order valence-electron chi connectivity index (χ2n) is 3.28. The second-order valence-corrected chi connectivity index (χ2v) is 3.28. The first-order chi connectivity index (χ1) is 6.65. The van der Waals surface area contributed by atoms with E-state index in [1.165, 1.54) is 4.90 Å². The SMILES string of the molecule is CCC(NC(=O)N(C)C)c1ncc[nH]1. The zero-order valence-electron chi connectivity index (χ0n) is 8.74. The molecule has 0 aliphatic carbocycles. The highest BCUT2D eigenvalue weighted by molar-refractivity contribution is 5.73. The van der Waals surface area contributed by atoms with Crippen LogP contribution in [0.15, 0.2) is 12.4 Å². The second kappa shape index (κ2) is 4.64. The van der Waals surface area contributed by atoms with Crippen molar-refractivity contribution in [2.75, 3.05) is 14.1 Å². The maximum Gasteiger partial charge on any atom is 0.317 e. The first kappa shape index (κ1) is 10.6. The first-order valence-corrected chi connectivity index (χ1v) is 4.62. The van der Waals surface area contributed by atoms with Crippen LogP contribution >= 0.6 is 0 Å². The van der Waals surface area contributed by atoms with Crippen LogP contribution in [0.4, 0.5) is 4.79 Å². The number of carbonyl (C=O) groups is 1. The molecular formula is C9H16N4O. The fourth-order valence-electron chi connectivity index (χ4n) is 1.11. The molecule has 1 aromatic rings. The molecule has 1 rings (SSSR count). The van der Waals surface area contributed by atoms with E-state index in [2.05, 4.69) is 15.3 Å². The van der Waals surface area contributed by atoms with Gasteiger partial charge in [-0.05, 0) is 6.42 Å². The van der Waals surface area contributed by atoms with Gasteiger partial charge in [-0.1, -0.05) is 6.92 Å². The number of H-pyrrole nitrogens is 1. The minimum atomic E-state index is -0.103. The molecule has 0 radical (unpaired) electrons. The van der Waals surface area contributed by atoms with Crippen LogP contribution in [-0.2, 0) is 0 Å². The summed E-state index contributed by atoms with van der Waals surface area (Å²) in [5, 5.41) is 2.86. The Morgan fingerprint density at radius 2 is 2.43 bits per heavy atom. The average molecular weight is 196 g/mol. The number of hydrogen-bond acceptors (Lipinski definition) is 2. The van der Waals surface area contributed by atoms with Crippen molar-refractivity contribution >= 4 is 6.03 Å². The van der Waals surface area contributed by atoms with E-state index in [-0.39, 0.29) is 12.1 Å². The van der Waals surface area contributed by atoms with Crippen molar-refractivity contribution in [3.63, 3.8) is 0 Å². The zero-order chi connectivity index (χ0) is 10.6. The van der Waals surface area contributed by atoms with Crippen molar-refractivity contribution in [2.24, 2.45) is 0 Å². The number of amides is 2. The smallest absolute Gasteiger partial charge is 0.317 e. The zero-order valence-corrected chi connectivity index (χ0v) is 8.74. The molecule has 5 heteroatoms. The predicted octanol–water partition coefficient (Wildman–Crippen LogP) is 1.13. The van der Waals surface area contributed by atoms with Crippen LogP contribution in [0, 0.1) is 0 Å². The van der Waals surface area contributed by atoms with Crippen molar-refractivity contribution in [1.29, 1.82) is 0 Å². The number of hydrogen-bond donors (Lipinski definition) is 2. The Bertz CT molecular complexity index is 281. The Kier molecular flexibility index (Phi) is 3.50. The molecule has 5 nitrogen and oxygen atoms in total. The molecule has 1 atom stereocenters. The number of imidazole rings is 1. The van der Waals surface area contributed by atoms with E-state index in [0.29, 0.717) is 0 Å². The number of aromatic amines is 1. The van der Waals surface area contributed by atoms with E-state index >= 15 is 0 Å². The van der Waals surface area contributed by atoms with Crippen LogP contribution in [0.1, 0.15) is 25.2 Å². The number of carbonyl (C=O) groups excluding carboxylic acids is 1. The molecular weight excluding hydrogens is 180 g/mol. The normalized spacial score (nSPS) is 12.2. The van der Waals surface area contributed by atoms with Gasteiger partial charge < -0.3 is 15.2 Å². The predicted molar refractivity (Wildman–Crippen MR) is 53.8 cm³/mol. The number of rotatable bonds is 3. The van der Waals surface area contributed by atoms with Gasteiger partial charge in [0.1, 0.15) is 5.82 Å². The van der Waals surface area contributed by atoms with Crippen LogP contribution in [0.25, 0.3) is 0 Å². The van der Waals surface area contributed by atoms with Crippen molar-refractivity contribution in [2.45, 2.75) is 19.4 Å². The van der Waals surface area contributed by atoms with E-state index in [1.54, 1.807) is 26.5 Å². The lowest BCUT2D eigenvalue weighted by molar-refractivity contribution is 0.212. The Balaban J connectivity index is 2.61. The highest BCUT2D eigenvalue weighted by Gasteiger charge is 2.15. The highest BCUT2D eigenvalue weighted by Crippen LogP contribution is 2.10. The van der Waals surface area contributed by atoms with Crippen LogP contribution < -0.4 is 5.32 Å². The fourth-order valence-corrected chi connectivity index (χ4v) is 1.11. The number of aromatic nitrogens is 2. The summed E-state index contributed by atoms with van der Waals surface area (Å²) in [6, 6.07) is -0.145. The summed E-state index contributed by atoms with van der Waals surface area (Å²) in [5.41, 5.74) is 0. The maximum atomic E-state index is 11.4. The van der Waals surface area contributed by atoms with E-state index in [9.17, 15) is 4.79 Å². The Labute approximate surface area is 83.5 Å². The lowest BCUT2D eigenvalue weighted by Gasteiger charge is -2.18. The summed E-state index contributed by atoms with van der Waals surface area (Å²) in [4.78, 5) is 20.0. The van der Waals surface area contributed by atoms with Crippen LogP contribution in [0.3, 0.4) is 0 Å². The van der Waals surface area contributed by atoms with Gasteiger partial charge in [-0.2, -0.15) is 0 Å². The van der Waals surface area contributed by atoms with Crippen molar-refractivity contribution < 1.29 is 4.79 Å². The van der Waals surface area contributed by atoms with E-state index in [1.807, 2.05) is 6.92 Å². The molecule has 2 N–H and O–H groups in total. The first-order valence-electron chi connectivity index (χ1n) is 4.62. The molecule has 0 bridgehead atoms. The van der Waals surface area contributed by atoms with Gasteiger partial charge in [-0.3, -0.25) is 0 Å². The van der Waals surface area contributed by atoms with Gasteiger partial charge in [-0.25, -0.2) is 9.78 Å². The standard InChI is InChI=1S/C9H16N4O/c1-4-7(8-10-5-6-11-8)12-9(14)13(2)3/h5-7H,4H2,1-3H3,(H,10,11)(H,12,14). The fraction of sp³-hybridized carbons (Fsp3) is 0.556. The molecule has 0 saturated heterocycles. The monoisotopic (exact) mass is 196 g/mol. The van der Waals surface area contributed by atoms with Crippen LogP contribution in [0.2, 0.25) is 0 Å². The molecule has 1 aromatic heterocycles. The van der Waals surface area contributed by atoms with E-state index in [0.717, 1.165) is 12.2 Å². The minimum Gasteiger partial charge on any atom is -0.347 e. The Morgan fingerprint density at radius 3 is 2.86 bits per heavy atom. The van der Waals surface area contributed by atoms with Crippen molar-refractivity contribution in [3.05, 3.63) is 18.2 Å². The minimum absolute atomic E-state index is 0.0418. The third kappa shape index (κ3) is 2.48. The van der Waals surface area contributed by atoms with Gasteiger partial charge in [0.25, 0.3) is 0 Å². The lowest BCUT2D eigenvalue weighted by Crippen LogP contribution is -2.37. The van der Waals surface area contributed by atoms with E-state index < -0.39 is 0 Å². The maximum absolute atomic E-state index is 11.4. The Hall–Kier alpha value is -1.52. The molecule has 0 aromatic carbocycles. The molecule has 14 heavy (non-hydrogen) atoms. The van der Waals surface area contributed by atoms with Gasteiger partial charge >= 0.3 is 6.03 Å². The van der Waals surface area contributed by atoms with Crippen LogP contribution in [0.5, 0.6) is 0 Å². The summed E-state index contributed by atoms with van der Waals surface area (Å²) in [6.45, 7) is 2.00. The van der Waals surface area contributed by atoms with Gasteiger partial charge in [-0.15, -0.1) is 0 Å². The number of nitrogens with one attached hydrogen (secondary N) is 2. The quantitative estimate of drug-likeness (QED) is 0.761. The summed E-state index contributed by atoms with van der Waals surface area (Å²) in [5.74, 6) is 0.794. The molecule has 1 unspecified atom stereocenters. The van der Waals surface area contributed by atoms with Gasteiger partial charge in [0.2, 0.25) is 0 Å². The largest absolute Gasteiger partial charge is 0.347 e. The van der Waals surface area contributed by atoms with Gasteiger partial charge in [0.15, 0.2) is 0 Å². The average Bonchev–Trinajstić information content (AvgIpc) is 2.66. The Morgan fingerprint density at radius 1 is 1.71 bits per heavy atom. The lowest BCUT2D eigenvalue weighted by atomic mass is 10.2. The molecule has 0 spiro atoms. The third-order valence-electron chi connectivity index (χ3n) is 1.96. The number of urea groups is 1. The molecule has 0 aliphatic rings. The molecule has 0 aliphatic heterocycles. The third-order valence-corrected chi connectivity index (χ3v) is 1.96. The molecule has 1 heterocycles. The summed E-state index contributed by atoms with van der Waals surface area (Å²) in [7, 11) is 3.42. The topological polar surface area (TPSA) is 61.0 Å². The van der Waals surface area contributed by atoms with Crippen LogP contribution in [-0.4, -0.2) is 35.0 Å². The molecule has 2 amide bonds. The molecule has 0 saturated carbocycles. The van der Waals surface area contributed by atoms with Gasteiger partial charge in [0, 0.05) is 26.5 Å². The van der Waals surface area contributed by atoms with Crippen molar-refractivity contribution in [3.8, 4) is 0 Å². The summed E-state index contributed by atoms with van der Waals surface area (Å²) < 4.78 is 0. The van der Waals surface area contributed by atoms with E-state index in [4.69, 9.17) is 0 Å². The molecule has 0 fully saturated rings. The van der Waals surface area contributed by atoms with Crippen molar-refractivity contribution in [1.82, 2.24) is 20.2 Å². The highest BCUT2D eigenvalue weighted by atomic mass is 16.2. The summed E-state index contributed by atoms with van der Waals surface area (Å²) in [6.07, 6.45) is 4.24. The summed E-state index contributed by atoms with van der Waals surface area (Å²) >= 11 is 0.